The number of ether oxygens (including phenoxy) is 1. The largest absolute Gasteiger partial charge is 0.507 e. The molecule has 6 atom stereocenters. The van der Waals surface area contributed by atoms with E-state index in [1.807, 2.05) is 0 Å². The SMILES string of the molecule is C[C@@H]1[C@H](NC(=O)c2ccccc2O)C(=O)N[C@@H](Cc2cccnc2)[C@@H](O)[C@@H](C)C(=O)N(C)C(C2COC2)C(=O)N1C. The Morgan fingerprint density at radius 3 is 2.39 bits per heavy atom. The Morgan fingerprint density at radius 2 is 1.78 bits per heavy atom. The second-order valence-electron chi connectivity index (χ2n) is 10.8. The summed E-state index contributed by atoms with van der Waals surface area (Å²) in [6.07, 6.45) is 2.03. The maximum Gasteiger partial charge on any atom is 0.255 e. The van der Waals surface area contributed by atoms with Gasteiger partial charge in [0.25, 0.3) is 5.91 Å². The first-order valence-electron chi connectivity index (χ1n) is 13.6. The monoisotopic (exact) mass is 567 g/mol. The Balaban J connectivity index is 1.74. The molecule has 4 rings (SSSR count). The highest BCUT2D eigenvalue weighted by molar-refractivity contribution is 6.00. The van der Waals surface area contributed by atoms with Gasteiger partial charge in [-0.15, -0.1) is 0 Å². The maximum atomic E-state index is 13.9. The molecule has 2 aliphatic rings. The van der Waals surface area contributed by atoms with Crippen LogP contribution in [0.2, 0.25) is 0 Å². The summed E-state index contributed by atoms with van der Waals surface area (Å²) in [7, 11) is 3.05. The molecule has 2 aromatic rings. The molecule has 12 nitrogen and oxygen atoms in total. The molecule has 0 saturated carbocycles. The van der Waals surface area contributed by atoms with Crippen molar-refractivity contribution in [3.05, 3.63) is 59.9 Å². The third-order valence-electron chi connectivity index (χ3n) is 8.11. The third-order valence-corrected chi connectivity index (χ3v) is 8.11. The fraction of sp³-hybridized carbons (Fsp3) is 0.483. The minimum Gasteiger partial charge on any atom is -0.507 e. The van der Waals surface area contributed by atoms with Crippen LogP contribution in [0.1, 0.15) is 29.8 Å². The molecule has 0 aliphatic carbocycles. The zero-order chi connectivity index (χ0) is 29.8. The Kier molecular flexibility index (Phi) is 9.24. The number of phenolic OH excluding ortho intramolecular Hbond substituents is 1. The van der Waals surface area contributed by atoms with E-state index >= 15 is 0 Å². The van der Waals surface area contributed by atoms with E-state index in [1.54, 1.807) is 50.5 Å². The van der Waals surface area contributed by atoms with Crippen LogP contribution in [0.4, 0.5) is 0 Å². The van der Waals surface area contributed by atoms with Crippen LogP contribution in [-0.4, -0.2) is 106 Å². The second-order valence-corrected chi connectivity index (χ2v) is 10.8. The summed E-state index contributed by atoms with van der Waals surface area (Å²) in [5.41, 5.74) is 0.680. The second kappa shape index (κ2) is 12.6. The normalized spacial score (nSPS) is 28.3. The highest BCUT2D eigenvalue weighted by atomic mass is 16.5. The molecule has 2 saturated heterocycles. The Labute approximate surface area is 238 Å². The van der Waals surface area contributed by atoms with Crippen molar-refractivity contribution in [3.8, 4) is 5.75 Å². The topological polar surface area (TPSA) is 161 Å². The number of nitrogens with zero attached hydrogens (tertiary/aromatic N) is 3. The predicted molar refractivity (Wildman–Crippen MR) is 148 cm³/mol. The lowest BCUT2D eigenvalue weighted by Gasteiger charge is -2.44. The molecular formula is C29H37N5O7. The van der Waals surface area contributed by atoms with Crippen LogP contribution in [-0.2, 0) is 25.5 Å². The van der Waals surface area contributed by atoms with Gasteiger partial charge in [-0.05, 0) is 37.1 Å². The van der Waals surface area contributed by atoms with Gasteiger partial charge in [0.15, 0.2) is 0 Å². The molecule has 4 amide bonds. The number of likely N-dealkylation sites (N-methyl/N-ethyl adjacent to an activating group) is 2. The molecule has 0 bridgehead atoms. The van der Waals surface area contributed by atoms with E-state index in [9.17, 15) is 29.4 Å². The average molecular weight is 568 g/mol. The van der Waals surface area contributed by atoms with Gasteiger partial charge >= 0.3 is 0 Å². The van der Waals surface area contributed by atoms with Gasteiger partial charge in [0.1, 0.15) is 17.8 Å². The summed E-state index contributed by atoms with van der Waals surface area (Å²) in [5, 5.41) is 27.2. The number of aromatic hydroxyl groups is 1. The van der Waals surface area contributed by atoms with Gasteiger partial charge in [-0.1, -0.05) is 25.1 Å². The number of rotatable bonds is 5. The van der Waals surface area contributed by atoms with Gasteiger partial charge in [0, 0.05) is 32.4 Å². The number of hydrogen-bond acceptors (Lipinski definition) is 8. The number of hydrogen-bond donors (Lipinski definition) is 4. The average Bonchev–Trinajstić information content (AvgIpc) is 2.94. The van der Waals surface area contributed by atoms with E-state index < -0.39 is 59.8 Å². The predicted octanol–water partition coefficient (Wildman–Crippen LogP) is -0.0560. The molecule has 1 unspecified atom stereocenters. The summed E-state index contributed by atoms with van der Waals surface area (Å²) in [6, 6.07) is 5.46. The summed E-state index contributed by atoms with van der Waals surface area (Å²) in [6.45, 7) is 3.74. The molecule has 2 fully saturated rings. The molecule has 0 radical (unpaired) electrons. The molecule has 4 N–H and O–H groups in total. The highest BCUT2D eigenvalue weighted by Gasteiger charge is 2.45. The quantitative estimate of drug-likeness (QED) is 0.391. The Bertz CT molecular complexity index is 1270. The van der Waals surface area contributed by atoms with E-state index in [1.165, 1.54) is 36.0 Å². The zero-order valence-electron chi connectivity index (χ0n) is 23.6. The van der Waals surface area contributed by atoms with Gasteiger partial charge in [-0.3, -0.25) is 24.2 Å². The van der Waals surface area contributed by atoms with E-state index in [4.69, 9.17) is 4.74 Å². The van der Waals surface area contributed by atoms with Gasteiger partial charge in [0.05, 0.1) is 42.9 Å². The number of amides is 4. The Morgan fingerprint density at radius 1 is 1.07 bits per heavy atom. The van der Waals surface area contributed by atoms with Crippen molar-refractivity contribution in [1.82, 2.24) is 25.4 Å². The first-order chi connectivity index (χ1) is 19.5. The number of carbonyl (C=O) groups excluding carboxylic acids is 4. The summed E-state index contributed by atoms with van der Waals surface area (Å²) < 4.78 is 5.33. The van der Waals surface area contributed by atoms with E-state index in [2.05, 4.69) is 15.6 Å². The third kappa shape index (κ3) is 6.33. The van der Waals surface area contributed by atoms with Crippen LogP contribution in [0, 0.1) is 11.8 Å². The maximum absolute atomic E-state index is 13.9. The summed E-state index contributed by atoms with van der Waals surface area (Å²) in [4.78, 5) is 61.3. The van der Waals surface area contributed by atoms with Crippen molar-refractivity contribution in [2.45, 2.75) is 50.5 Å². The van der Waals surface area contributed by atoms with E-state index in [0.717, 1.165) is 5.56 Å². The molecule has 1 aromatic carbocycles. The minimum absolute atomic E-state index is 0.0389. The molecule has 0 spiro atoms. The number of pyridine rings is 1. The first-order valence-corrected chi connectivity index (χ1v) is 13.6. The van der Waals surface area contributed by atoms with Crippen molar-refractivity contribution in [1.29, 1.82) is 0 Å². The Hall–Kier alpha value is -4.03. The minimum atomic E-state index is -1.33. The number of aliphatic hydroxyl groups is 1. The number of benzene rings is 1. The number of aliphatic hydroxyl groups excluding tert-OH is 1. The number of nitrogens with one attached hydrogen (secondary N) is 2. The van der Waals surface area contributed by atoms with Crippen LogP contribution < -0.4 is 10.6 Å². The lowest BCUT2D eigenvalue weighted by molar-refractivity contribution is -0.161. The standard InChI is InChI=1S/C29H37N5O7/c1-16-25(36)21(12-18-8-7-11-30-13-18)31-27(38)23(32-26(37)20-9-5-6-10-22(20)35)17(2)33(3)29(40)24(19-14-41-15-19)34(4)28(16)39/h5-11,13,16-17,19,21,23-25,35-36H,12,14-15H2,1-4H3,(H,31,38)(H,32,37)/t16-,17-,21+,23+,24?,25+/m1/s1. The summed E-state index contributed by atoms with van der Waals surface area (Å²) >= 11 is 0. The van der Waals surface area contributed by atoms with Gasteiger partial charge in [-0.2, -0.15) is 0 Å². The van der Waals surface area contributed by atoms with Crippen molar-refractivity contribution in [3.63, 3.8) is 0 Å². The molecule has 220 valence electrons. The van der Waals surface area contributed by atoms with Gasteiger partial charge in [0.2, 0.25) is 17.7 Å². The van der Waals surface area contributed by atoms with Gasteiger partial charge in [-0.25, -0.2) is 0 Å². The van der Waals surface area contributed by atoms with Crippen LogP contribution in [0.5, 0.6) is 5.75 Å². The molecule has 3 heterocycles. The number of aromatic nitrogens is 1. The van der Waals surface area contributed by atoms with E-state index in [-0.39, 0.29) is 36.9 Å². The van der Waals surface area contributed by atoms with Crippen molar-refractivity contribution in [2.24, 2.45) is 11.8 Å². The molecule has 1 aromatic heterocycles. The lowest BCUT2D eigenvalue weighted by atomic mass is 9.89. The molecule has 12 heteroatoms. The van der Waals surface area contributed by atoms with Crippen LogP contribution in [0.25, 0.3) is 0 Å². The fourth-order valence-corrected chi connectivity index (χ4v) is 5.30. The van der Waals surface area contributed by atoms with Crippen LogP contribution in [0.15, 0.2) is 48.8 Å². The lowest BCUT2D eigenvalue weighted by Crippen LogP contribution is -2.65. The zero-order valence-corrected chi connectivity index (χ0v) is 23.6. The van der Waals surface area contributed by atoms with Crippen LogP contribution in [0.3, 0.4) is 0 Å². The highest BCUT2D eigenvalue weighted by Crippen LogP contribution is 2.26. The van der Waals surface area contributed by atoms with E-state index in [0.29, 0.717) is 0 Å². The van der Waals surface area contributed by atoms with Gasteiger partial charge < -0.3 is 35.4 Å². The van der Waals surface area contributed by atoms with Crippen molar-refractivity contribution in [2.75, 3.05) is 27.3 Å². The summed E-state index contributed by atoms with van der Waals surface area (Å²) in [5.74, 6) is -3.76. The molecular weight excluding hydrogens is 530 g/mol. The number of para-hydroxylation sites is 1. The van der Waals surface area contributed by atoms with Crippen molar-refractivity contribution >= 4 is 23.6 Å². The smallest absolute Gasteiger partial charge is 0.255 e. The first kappa shape index (κ1) is 29.9. The van der Waals surface area contributed by atoms with Crippen LogP contribution >= 0.6 is 0 Å². The number of carbonyl (C=O) groups is 4. The van der Waals surface area contributed by atoms with Crippen molar-refractivity contribution < 1.29 is 34.1 Å². The fourth-order valence-electron chi connectivity index (χ4n) is 5.30. The number of phenols is 1. The molecule has 41 heavy (non-hydrogen) atoms. The molecule has 2 aliphatic heterocycles.